The Hall–Kier alpha value is -4.12. The molecule has 2 aromatic heterocycles. The van der Waals surface area contributed by atoms with Gasteiger partial charge in [0.05, 0.1) is 0 Å². The number of aryl methyl sites for hydroxylation is 1. The number of piperidine rings is 1. The third-order valence-electron chi connectivity index (χ3n) is 6.55. The molecule has 10 nitrogen and oxygen atoms in total. The summed E-state index contributed by atoms with van der Waals surface area (Å²) in [4.78, 5) is 14.1. The molecule has 2 aliphatic heterocycles. The van der Waals surface area contributed by atoms with E-state index in [0.29, 0.717) is 5.01 Å². The van der Waals surface area contributed by atoms with Gasteiger partial charge in [-0.2, -0.15) is 4.80 Å². The van der Waals surface area contributed by atoms with Crippen LogP contribution in [0.3, 0.4) is 0 Å². The number of aromatic nitrogens is 6. The number of rotatable bonds is 5. The average molecular weight is 502 g/mol. The molecular weight excluding hydrogens is 478 g/mol. The molecule has 11 heteroatoms. The van der Waals surface area contributed by atoms with Crippen molar-refractivity contribution >= 4 is 28.0 Å². The Morgan fingerprint density at radius 3 is 2.58 bits per heavy atom. The molecule has 6 rings (SSSR count). The van der Waals surface area contributed by atoms with Crippen LogP contribution in [0.5, 0.6) is 5.75 Å². The minimum absolute atomic E-state index is 0.270. The van der Waals surface area contributed by atoms with Crippen LogP contribution in [0.15, 0.2) is 54.6 Å². The maximum absolute atomic E-state index is 10.9. The van der Waals surface area contributed by atoms with E-state index in [-0.39, 0.29) is 12.4 Å². The largest absolute Gasteiger partial charge is 0.482 e. The molecule has 2 aromatic carbocycles. The van der Waals surface area contributed by atoms with Crippen LogP contribution in [0.4, 0.5) is 5.13 Å². The fourth-order valence-electron chi connectivity index (χ4n) is 4.74. The Labute approximate surface area is 210 Å². The van der Waals surface area contributed by atoms with Crippen LogP contribution in [0.25, 0.3) is 16.4 Å². The second-order valence-electron chi connectivity index (χ2n) is 8.95. The highest BCUT2D eigenvalue weighted by molar-refractivity contribution is 7.18. The van der Waals surface area contributed by atoms with Crippen molar-refractivity contribution in [1.82, 2.24) is 30.4 Å². The fraction of sp³-hybridized carbons (Fsp3) is 0.280. The molecule has 1 saturated heterocycles. The van der Waals surface area contributed by atoms with Crippen LogP contribution < -0.4 is 9.64 Å². The van der Waals surface area contributed by atoms with Crippen molar-refractivity contribution < 1.29 is 14.6 Å². The zero-order valence-corrected chi connectivity index (χ0v) is 20.4. The first-order chi connectivity index (χ1) is 17.5. The maximum atomic E-state index is 10.9. The molecule has 0 bridgehead atoms. The first-order valence-electron chi connectivity index (χ1n) is 11.7. The van der Waals surface area contributed by atoms with Gasteiger partial charge < -0.3 is 14.7 Å². The van der Waals surface area contributed by atoms with Gasteiger partial charge in [0.2, 0.25) is 11.0 Å². The zero-order chi connectivity index (χ0) is 24.7. The van der Waals surface area contributed by atoms with Crippen molar-refractivity contribution in [2.24, 2.45) is 0 Å². The lowest BCUT2D eigenvalue weighted by molar-refractivity contribution is -0.138. The van der Waals surface area contributed by atoms with Crippen molar-refractivity contribution in [2.75, 3.05) is 18.0 Å². The molecule has 0 amide bonds. The summed E-state index contributed by atoms with van der Waals surface area (Å²) in [7, 11) is 0. The minimum Gasteiger partial charge on any atom is -0.482 e. The predicted molar refractivity (Wildman–Crippen MR) is 134 cm³/mol. The quantitative estimate of drug-likeness (QED) is 0.438. The van der Waals surface area contributed by atoms with Crippen LogP contribution in [0, 0.1) is 6.92 Å². The Morgan fingerprint density at radius 1 is 1.06 bits per heavy atom. The Bertz CT molecular complexity index is 1470. The first-order valence-corrected chi connectivity index (χ1v) is 12.5. The molecule has 1 N–H and O–H groups in total. The van der Waals surface area contributed by atoms with E-state index in [1.807, 2.05) is 6.07 Å². The summed E-state index contributed by atoms with van der Waals surface area (Å²) in [6.45, 7) is 3.31. The van der Waals surface area contributed by atoms with Crippen LogP contribution in [-0.4, -0.2) is 60.2 Å². The van der Waals surface area contributed by atoms with Crippen LogP contribution in [0.1, 0.15) is 29.5 Å². The van der Waals surface area contributed by atoms with E-state index >= 15 is 0 Å². The summed E-state index contributed by atoms with van der Waals surface area (Å²) in [5.74, 6) is 0.151. The number of benzene rings is 2. The molecular formula is C25H23N7O3S. The molecule has 1 fully saturated rings. The van der Waals surface area contributed by atoms with E-state index in [1.165, 1.54) is 28.0 Å². The van der Waals surface area contributed by atoms with E-state index in [0.717, 1.165) is 47.2 Å². The van der Waals surface area contributed by atoms with Gasteiger partial charge in [-0.05, 0) is 41.0 Å². The molecule has 2 aliphatic rings. The van der Waals surface area contributed by atoms with E-state index in [9.17, 15) is 4.79 Å². The second kappa shape index (κ2) is 8.83. The molecule has 4 aromatic rings. The lowest BCUT2D eigenvalue weighted by Gasteiger charge is -2.43. The lowest BCUT2D eigenvalue weighted by Crippen LogP contribution is -2.48. The molecule has 1 spiro atoms. The minimum atomic E-state index is -1.04. The highest BCUT2D eigenvalue weighted by atomic mass is 32.1. The molecule has 0 radical (unpaired) electrons. The van der Waals surface area contributed by atoms with Crippen molar-refractivity contribution in [1.29, 1.82) is 0 Å². The number of tetrazole rings is 1. The molecule has 0 saturated carbocycles. The molecule has 36 heavy (non-hydrogen) atoms. The number of anilines is 1. The van der Waals surface area contributed by atoms with Gasteiger partial charge in [-0.25, -0.2) is 0 Å². The summed E-state index contributed by atoms with van der Waals surface area (Å²) in [6, 6.07) is 16.7. The third kappa shape index (κ3) is 4.11. The number of carboxylic acid groups (broad SMARTS) is 1. The van der Waals surface area contributed by atoms with Crippen molar-refractivity contribution in [3.05, 3.63) is 71.3 Å². The Morgan fingerprint density at radius 2 is 1.81 bits per heavy atom. The average Bonchev–Trinajstić information content (AvgIpc) is 3.54. The van der Waals surface area contributed by atoms with Crippen LogP contribution in [-0.2, 0) is 11.3 Å². The van der Waals surface area contributed by atoms with E-state index in [4.69, 9.17) is 9.84 Å². The number of aliphatic carboxylic acids is 1. The number of hydrogen-bond donors (Lipinski definition) is 1. The molecule has 182 valence electrons. The third-order valence-corrected chi connectivity index (χ3v) is 7.53. The normalized spacial score (nSPS) is 16.4. The van der Waals surface area contributed by atoms with Gasteiger partial charge in [0.1, 0.15) is 11.4 Å². The number of ether oxygens (including phenoxy) is 1. The monoisotopic (exact) mass is 501 g/mol. The topological polar surface area (TPSA) is 119 Å². The molecule has 0 aliphatic carbocycles. The van der Waals surface area contributed by atoms with Crippen LogP contribution >= 0.6 is 11.3 Å². The smallest absolute Gasteiger partial charge is 0.327 e. The number of hydrogen-bond acceptors (Lipinski definition) is 9. The predicted octanol–water partition coefficient (Wildman–Crippen LogP) is 3.45. The maximum Gasteiger partial charge on any atom is 0.327 e. The lowest BCUT2D eigenvalue weighted by atomic mass is 9.82. The standard InChI is InChI=1S/C25H23N7O3S/c1-16-6-2-3-7-17(16)19-14-25(35-20-9-5-4-8-18(19)20)10-12-31(13-11-25)24-28-27-23(36-24)22-26-30-32(29-22)15-21(33)34/h2-9,14H,10-13,15H2,1H3,(H,33,34). The highest BCUT2D eigenvalue weighted by Gasteiger charge is 2.40. The number of nitrogens with zero attached hydrogens (tertiary/aromatic N) is 7. The van der Waals surface area contributed by atoms with Crippen molar-refractivity contribution in [2.45, 2.75) is 31.9 Å². The van der Waals surface area contributed by atoms with Crippen LogP contribution in [0.2, 0.25) is 0 Å². The molecule has 0 unspecified atom stereocenters. The van der Waals surface area contributed by atoms with Gasteiger partial charge in [-0.3, -0.25) is 4.79 Å². The van der Waals surface area contributed by atoms with E-state index in [2.05, 4.69) is 86.0 Å². The number of carboxylic acids is 1. The highest BCUT2D eigenvalue weighted by Crippen LogP contribution is 2.44. The summed E-state index contributed by atoms with van der Waals surface area (Å²) in [6.07, 6.45) is 3.92. The summed E-state index contributed by atoms with van der Waals surface area (Å²) >= 11 is 1.37. The van der Waals surface area contributed by atoms with Gasteiger partial charge in [0, 0.05) is 31.5 Å². The van der Waals surface area contributed by atoms with Crippen molar-refractivity contribution in [3.63, 3.8) is 0 Å². The van der Waals surface area contributed by atoms with E-state index < -0.39 is 11.6 Å². The summed E-state index contributed by atoms with van der Waals surface area (Å²) in [5, 5.41) is 30.5. The SMILES string of the molecule is Cc1ccccc1C1=CC2(CCN(c3nnc(-c4nnn(CC(=O)O)n4)s3)CC2)Oc2ccccc21. The Kier molecular flexibility index (Phi) is 5.48. The van der Waals surface area contributed by atoms with Gasteiger partial charge in [0.15, 0.2) is 11.6 Å². The van der Waals surface area contributed by atoms with Gasteiger partial charge in [-0.15, -0.1) is 20.4 Å². The van der Waals surface area contributed by atoms with Gasteiger partial charge in [-0.1, -0.05) is 53.8 Å². The zero-order valence-electron chi connectivity index (χ0n) is 19.5. The molecule has 4 heterocycles. The number of para-hydroxylation sites is 1. The van der Waals surface area contributed by atoms with Crippen molar-refractivity contribution in [3.8, 4) is 16.6 Å². The summed E-state index contributed by atoms with van der Waals surface area (Å²) < 4.78 is 6.63. The number of carbonyl (C=O) groups is 1. The molecule has 0 atom stereocenters. The summed E-state index contributed by atoms with van der Waals surface area (Å²) in [5.41, 5.74) is 4.42. The second-order valence-corrected chi connectivity index (χ2v) is 9.91. The van der Waals surface area contributed by atoms with E-state index in [1.54, 1.807) is 0 Å². The fourth-order valence-corrected chi connectivity index (χ4v) is 5.56. The van der Waals surface area contributed by atoms with Gasteiger partial charge >= 0.3 is 5.97 Å². The van der Waals surface area contributed by atoms with Gasteiger partial charge in [0.25, 0.3) is 0 Å². The Balaban J connectivity index is 1.23. The first kappa shape index (κ1) is 22.4. The number of fused-ring (bicyclic) bond motifs is 1.